The largest absolute Gasteiger partial charge is 0.338 e. The molecule has 4 nitrogen and oxygen atoms in total. The monoisotopic (exact) mass is 257 g/mol. The second-order valence-corrected chi connectivity index (χ2v) is 5.06. The van der Waals surface area contributed by atoms with E-state index in [1.807, 2.05) is 11.4 Å². The Balaban J connectivity index is 1.91. The lowest BCUT2D eigenvalue weighted by Crippen LogP contribution is -2.17. The molecule has 1 atom stereocenters. The molecule has 16 heavy (non-hydrogen) atoms. The van der Waals surface area contributed by atoms with Gasteiger partial charge in [0, 0.05) is 6.04 Å². The first-order chi connectivity index (χ1) is 7.65. The van der Waals surface area contributed by atoms with E-state index in [0.29, 0.717) is 18.3 Å². The minimum absolute atomic E-state index is 0.218. The molecule has 0 spiro atoms. The number of nitrogens with one attached hydrogen (secondary N) is 1. The van der Waals surface area contributed by atoms with Gasteiger partial charge in [-0.15, -0.1) is 11.3 Å². The molecular weight excluding hydrogens is 246 g/mol. The number of hydrogen-bond acceptors (Lipinski definition) is 5. The summed E-state index contributed by atoms with van der Waals surface area (Å²) >= 11 is 7.41. The second kappa shape index (κ2) is 4.95. The van der Waals surface area contributed by atoms with Crippen LogP contribution in [0.5, 0.6) is 0 Å². The van der Waals surface area contributed by atoms with E-state index in [4.69, 9.17) is 16.1 Å². The van der Waals surface area contributed by atoms with Gasteiger partial charge >= 0.3 is 0 Å². The fourth-order valence-corrected chi connectivity index (χ4v) is 2.31. The van der Waals surface area contributed by atoms with E-state index in [1.165, 1.54) is 16.9 Å². The molecule has 86 valence electrons. The standard InChI is InChI=1S/C10H12ClN3OS/c1-6(8-3-9(11)16-5-8)12-4-10-13-7(2)14-15-10/h3,5-6,12H,4H2,1-2H3. The highest BCUT2D eigenvalue weighted by atomic mass is 35.5. The fourth-order valence-electron chi connectivity index (χ4n) is 1.32. The Labute approximate surface area is 103 Å². The van der Waals surface area contributed by atoms with Crippen molar-refractivity contribution in [2.24, 2.45) is 0 Å². The van der Waals surface area contributed by atoms with Crippen LogP contribution in [0.4, 0.5) is 0 Å². The number of aromatic nitrogens is 2. The molecule has 2 aromatic heterocycles. The molecule has 0 aliphatic carbocycles. The van der Waals surface area contributed by atoms with Gasteiger partial charge in [0.15, 0.2) is 5.82 Å². The summed E-state index contributed by atoms with van der Waals surface area (Å²) < 4.78 is 5.81. The van der Waals surface area contributed by atoms with Crippen molar-refractivity contribution < 1.29 is 4.52 Å². The summed E-state index contributed by atoms with van der Waals surface area (Å²) in [7, 11) is 0. The van der Waals surface area contributed by atoms with Crippen molar-refractivity contribution in [2.75, 3.05) is 0 Å². The predicted octanol–water partition coefficient (Wildman–Crippen LogP) is 2.94. The topological polar surface area (TPSA) is 51.0 Å². The first-order valence-electron chi connectivity index (χ1n) is 4.91. The number of halogens is 1. The fraction of sp³-hybridized carbons (Fsp3) is 0.400. The first-order valence-corrected chi connectivity index (χ1v) is 6.17. The van der Waals surface area contributed by atoms with Gasteiger partial charge in [-0.3, -0.25) is 0 Å². The molecule has 1 unspecified atom stereocenters. The summed E-state index contributed by atoms with van der Waals surface area (Å²) in [6.45, 7) is 4.44. The van der Waals surface area contributed by atoms with Gasteiger partial charge < -0.3 is 9.84 Å². The van der Waals surface area contributed by atoms with Crippen LogP contribution in [0.1, 0.15) is 30.2 Å². The first kappa shape index (κ1) is 11.6. The van der Waals surface area contributed by atoms with Crippen molar-refractivity contribution >= 4 is 22.9 Å². The minimum atomic E-state index is 0.218. The maximum atomic E-state index is 5.87. The lowest BCUT2D eigenvalue weighted by molar-refractivity contribution is 0.357. The van der Waals surface area contributed by atoms with Gasteiger partial charge in [0.05, 0.1) is 10.9 Å². The van der Waals surface area contributed by atoms with E-state index in [1.54, 1.807) is 6.92 Å². The maximum Gasteiger partial charge on any atom is 0.240 e. The summed E-state index contributed by atoms with van der Waals surface area (Å²) in [5.74, 6) is 1.26. The highest BCUT2D eigenvalue weighted by Gasteiger charge is 2.09. The molecule has 1 N–H and O–H groups in total. The zero-order chi connectivity index (χ0) is 11.5. The lowest BCUT2D eigenvalue weighted by Gasteiger charge is -2.09. The Morgan fingerprint density at radius 3 is 3.00 bits per heavy atom. The molecule has 0 saturated carbocycles. The van der Waals surface area contributed by atoms with E-state index >= 15 is 0 Å². The van der Waals surface area contributed by atoms with E-state index < -0.39 is 0 Å². The molecule has 6 heteroatoms. The van der Waals surface area contributed by atoms with Gasteiger partial charge in [0.2, 0.25) is 5.89 Å². The van der Waals surface area contributed by atoms with Gasteiger partial charge in [-0.2, -0.15) is 4.98 Å². The maximum absolute atomic E-state index is 5.87. The molecule has 0 aliphatic rings. The number of hydrogen-bond donors (Lipinski definition) is 1. The van der Waals surface area contributed by atoms with Crippen LogP contribution in [-0.2, 0) is 6.54 Å². The molecule has 0 aliphatic heterocycles. The Morgan fingerprint density at radius 2 is 2.44 bits per heavy atom. The number of rotatable bonds is 4. The van der Waals surface area contributed by atoms with Gasteiger partial charge in [-0.05, 0) is 30.9 Å². The van der Waals surface area contributed by atoms with E-state index in [9.17, 15) is 0 Å². The number of aryl methyl sites for hydroxylation is 1. The van der Waals surface area contributed by atoms with Crippen molar-refractivity contribution in [3.63, 3.8) is 0 Å². The second-order valence-electron chi connectivity index (χ2n) is 3.52. The van der Waals surface area contributed by atoms with Crippen molar-refractivity contribution in [3.05, 3.63) is 33.1 Å². The smallest absolute Gasteiger partial charge is 0.240 e. The lowest BCUT2D eigenvalue weighted by atomic mass is 10.2. The highest BCUT2D eigenvalue weighted by molar-refractivity contribution is 7.14. The zero-order valence-corrected chi connectivity index (χ0v) is 10.6. The third kappa shape index (κ3) is 2.81. The minimum Gasteiger partial charge on any atom is -0.338 e. The highest BCUT2D eigenvalue weighted by Crippen LogP contribution is 2.24. The van der Waals surface area contributed by atoms with Crippen molar-refractivity contribution in [1.82, 2.24) is 15.5 Å². The van der Waals surface area contributed by atoms with Crippen molar-refractivity contribution in [1.29, 1.82) is 0 Å². The predicted molar refractivity (Wildman–Crippen MR) is 63.6 cm³/mol. The van der Waals surface area contributed by atoms with E-state index in [2.05, 4.69) is 22.4 Å². The van der Waals surface area contributed by atoms with Crippen LogP contribution >= 0.6 is 22.9 Å². The average Bonchev–Trinajstić information content (AvgIpc) is 2.84. The van der Waals surface area contributed by atoms with Gasteiger partial charge in [-0.25, -0.2) is 0 Å². The molecule has 0 aromatic carbocycles. The van der Waals surface area contributed by atoms with Gasteiger partial charge in [0.1, 0.15) is 0 Å². The molecule has 0 radical (unpaired) electrons. The van der Waals surface area contributed by atoms with Crippen molar-refractivity contribution in [3.8, 4) is 0 Å². The van der Waals surface area contributed by atoms with Crippen LogP contribution in [0, 0.1) is 6.92 Å². The third-order valence-electron chi connectivity index (χ3n) is 2.22. The molecule has 2 aromatic rings. The van der Waals surface area contributed by atoms with Crippen molar-refractivity contribution in [2.45, 2.75) is 26.4 Å². The van der Waals surface area contributed by atoms with E-state index in [-0.39, 0.29) is 6.04 Å². The zero-order valence-electron chi connectivity index (χ0n) is 9.03. The summed E-state index contributed by atoms with van der Waals surface area (Å²) in [5.41, 5.74) is 1.17. The van der Waals surface area contributed by atoms with Crippen LogP contribution in [0.3, 0.4) is 0 Å². The molecule has 2 rings (SSSR count). The SMILES string of the molecule is Cc1noc(CNC(C)c2csc(Cl)c2)n1. The van der Waals surface area contributed by atoms with Crippen LogP contribution in [0.15, 0.2) is 16.0 Å². The normalized spacial score (nSPS) is 12.9. The summed E-state index contributed by atoms with van der Waals surface area (Å²) in [4.78, 5) is 4.12. The Kier molecular flexibility index (Phi) is 3.58. The van der Waals surface area contributed by atoms with Gasteiger partial charge in [0.25, 0.3) is 0 Å². The number of nitrogens with zero attached hydrogens (tertiary/aromatic N) is 2. The Morgan fingerprint density at radius 1 is 1.62 bits per heavy atom. The van der Waals surface area contributed by atoms with Gasteiger partial charge in [-0.1, -0.05) is 16.8 Å². The molecule has 2 heterocycles. The summed E-state index contributed by atoms with van der Waals surface area (Å²) in [5, 5.41) is 9.06. The quantitative estimate of drug-likeness (QED) is 0.915. The number of thiophene rings is 1. The van der Waals surface area contributed by atoms with E-state index in [0.717, 1.165) is 4.34 Å². The molecule has 0 amide bonds. The van der Waals surface area contributed by atoms with Crippen LogP contribution < -0.4 is 5.32 Å². The third-order valence-corrected chi connectivity index (χ3v) is 3.33. The molecule has 0 saturated heterocycles. The average molecular weight is 258 g/mol. The molecule has 0 fully saturated rings. The van der Waals surface area contributed by atoms with Crippen LogP contribution in [-0.4, -0.2) is 10.1 Å². The van der Waals surface area contributed by atoms with Crippen LogP contribution in [0.25, 0.3) is 0 Å². The Hall–Kier alpha value is -0.910. The Bertz CT molecular complexity index is 468. The summed E-state index contributed by atoms with van der Waals surface area (Å²) in [6.07, 6.45) is 0. The molecule has 0 bridgehead atoms. The van der Waals surface area contributed by atoms with Crippen LogP contribution in [0.2, 0.25) is 4.34 Å². The summed E-state index contributed by atoms with van der Waals surface area (Å²) in [6, 6.07) is 2.18. The molecular formula is C10H12ClN3OS.